The maximum atomic E-state index is 10.8. The van der Waals surface area contributed by atoms with Crippen molar-refractivity contribution < 1.29 is 10.2 Å². The van der Waals surface area contributed by atoms with Crippen molar-refractivity contribution in [3.05, 3.63) is 69.0 Å². The molecule has 0 radical (unpaired) electrons. The van der Waals surface area contributed by atoms with Crippen molar-refractivity contribution in [1.82, 2.24) is 0 Å². The summed E-state index contributed by atoms with van der Waals surface area (Å²) in [6.07, 6.45) is 3.43. The zero-order valence-electron chi connectivity index (χ0n) is 20.8. The summed E-state index contributed by atoms with van der Waals surface area (Å²) in [7, 11) is 0. The molecule has 0 amide bonds. The second kappa shape index (κ2) is 10.2. The number of rotatable bonds is 7. The van der Waals surface area contributed by atoms with E-state index in [2.05, 4.69) is 67.5 Å². The van der Waals surface area contributed by atoms with Crippen LogP contribution >= 0.6 is 0 Å². The third-order valence-electron chi connectivity index (χ3n) is 5.92. The highest BCUT2D eigenvalue weighted by Crippen LogP contribution is 2.36. The highest BCUT2D eigenvalue weighted by atomic mass is 16.3. The van der Waals surface area contributed by atoms with Gasteiger partial charge in [-0.25, -0.2) is 0 Å². The molecule has 0 aliphatic rings. The Morgan fingerprint density at radius 2 is 0.906 bits per heavy atom. The van der Waals surface area contributed by atoms with Gasteiger partial charge in [0.2, 0.25) is 0 Å². The van der Waals surface area contributed by atoms with Gasteiger partial charge in [-0.1, -0.05) is 67.5 Å². The van der Waals surface area contributed by atoms with Gasteiger partial charge in [-0.05, 0) is 70.2 Å². The van der Waals surface area contributed by atoms with Crippen molar-refractivity contribution in [2.24, 2.45) is 11.5 Å². The lowest BCUT2D eigenvalue weighted by Gasteiger charge is -2.17. The van der Waals surface area contributed by atoms with E-state index in [0.717, 1.165) is 22.3 Å². The highest BCUT2D eigenvalue weighted by Gasteiger charge is 2.16. The maximum absolute atomic E-state index is 10.8. The molecule has 0 unspecified atom stereocenters. The number of benzene rings is 2. The summed E-state index contributed by atoms with van der Waals surface area (Å²) in [5.41, 5.74) is 18.7. The predicted octanol–water partition coefficient (Wildman–Crippen LogP) is 6.89. The zero-order chi connectivity index (χ0) is 24.3. The normalized spacial score (nSPS) is 13.1. The van der Waals surface area contributed by atoms with E-state index < -0.39 is 0 Å². The topological polar surface area (TPSA) is 92.5 Å². The fourth-order valence-electron chi connectivity index (χ4n) is 3.68. The van der Waals surface area contributed by atoms with Crippen LogP contribution in [0.3, 0.4) is 0 Å². The molecule has 4 nitrogen and oxygen atoms in total. The van der Waals surface area contributed by atoms with Crippen LogP contribution in [0, 0.1) is 0 Å². The molecule has 4 heteroatoms. The summed E-state index contributed by atoms with van der Waals surface area (Å²) in [5, 5.41) is 21.6. The predicted molar refractivity (Wildman–Crippen MR) is 137 cm³/mol. The van der Waals surface area contributed by atoms with Crippen LogP contribution in [-0.4, -0.2) is 10.2 Å². The van der Waals surface area contributed by atoms with Crippen LogP contribution < -0.4 is 11.5 Å². The Balaban J connectivity index is 2.59. The number of phenolic OH excluding ortho intramolecular Hbond substituents is 2. The average molecular weight is 437 g/mol. The first-order chi connectivity index (χ1) is 14.8. The van der Waals surface area contributed by atoms with Crippen molar-refractivity contribution in [2.75, 3.05) is 0 Å². The largest absolute Gasteiger partial charge is 0.507 e. The maximum Gasteiger partial charge on any atom is 0.126 e. The van der Waals surface area contributed by atoms with Gasteiger partial charge in [0.15, 0.2) is 0 Å². The standard InChI is InChI=1S/C28H40N2O2/c1-15(2)19-9-21(27(31)23(11-19)17(5)6)13-25(29)26(30)14-22-10-20(16(3)4)12-24(18(7)8)28(22)32/h9-18,31-32H,29-30H2,1-8H3/b25-13-,26-14-. The van der Waals surface area contributed by atoms with Crippen LogP contribution in [0.2, 0.25) is 0 Å². The van der Waals surface area contributed by atoms with E-state index in [1.54, 1.807) is 12.2 Å². The van der Waals surface area contributed by atoms with Gasteiger partial charge in [0.1, 0.15) is 11.5 Å². The third kappa shape index (κ3) is 5.67. The van der Waals surface area contributed by atoms with Crippen LogP contribution in [-0.2, 0) is 0 Å². The Hall–Kier alpha value is -2.88. The molecule has 2 aromatic rings. The van der Waals surface area contributed by atoms with Crippen LogP contribution in [0.1, 0.15) is 112 Å². The Morgan fingerprint density at radius 3 is 1.16 bits per heavy atom. The molecule has 32 heavy (non-hydrogen) atoms. The van der Waals surface area contributed by atoms with E-state index in [9.17, 15) is 10.2 Å². The summed E-state index contributed by atoms with van der Waals surface area (Å²) in [4.78, 5) is 0. The Bertz CT molecular complexity index is 945. The smallest absolute Gasteiger partial charge is 0.126 e. The van der Waals surface area contributed by atoms with Gasteiger partial charge in [0.05, 0.1) is 11.4 Å². The number of hydrogen-bond acceptors (Lipinski definition) is 4. The van der Waals surface area contributed by atoms with Gasteiger partial charge in [-0.2, -0.15) is 0 Å². The fraction of sp³-hybridized carbons (Fsp3) is 0.429. The van der Waals surface area contributed by atoms with Crippen molar-refractivity contribution in [2.45, 2.75) is 79.1 Å². The van der Waals surface area contributed by atoms with Gasteiger partial charge in [-0.3, -0.25) is 0 Å². The lowest BCUT2D eigenvalue weighted by atomic mass is 9.91. The van der Waals surface area contributed by atoms with E-state index in [4.69, 9.17) is 11.5 Å². The van der Waals surface area contributed by atoms with Crippen LogP contribution in [0.5, 0.6) is 11.5 Å². The summed E-state index contributed by atoms with van der Waals surface area (Å²) >= 11 is 0. The van der Waals surface area contributed by atoms with E-state index >= 15 is 0 Å². The lowest BCUT2D eigenvalue weighted by molar-refractivity contribution is 0.462. The van der Waals surface area contributed by atoms with Gasteiger partial charge in [0, 0.05) is 11.1 Å². The number of phenols is 2. The van der Waals surface area contributed by atoms with E-state index in [-0.39, 0.29) is 23.3 Å². The third-order valence-corrected chi connectivity index (χ3v) is 5.92. The summed E-state index contributed by atoms with van der Waals surface area (Å²) in [6.45, 7) is 16.7. The molecular weight excluding hydrogens is 396 g/mol. The van der Waals surface area contributed by atoms with Crippen molar-refractivity contribution in [3.8, 4) is 11.5 Å². The average Bonchev–Trinajstić information content (AvgIpc) is 2.69. The van der Waals surface area contributed by atoms with E-state index in [1.807, 2.05) is 12.1 Å². The molecule has 0 bridgehead atoms. The van der Waals surface area contributed by atoms with E-state index in [1.165, 1.54) is 0 Å². The minimum absolute atomic E-state index is 0.181. The minimum atomic E-state index is 0.181. The highest BCUT2D eigenvalue weighted by molar-refractivity contribution is 5.71. The first-order valence-electron chi connectivity index (χ1n) is 11.5. The van der Waals surface area contributed by atoms with Crippen LogP contribution in [0.15, 0.2) is 35.7 Å². The number of aromatic hydroxyl groups is 2. The van der Waals surface area contributed by atoms with Gasteiger partial charge in [-0.15, -0.1) is 0 Å². The Morgan fingerprint density at radius 1 is 0.594 bits per heavy atom. The molecular formula is C28H40N2O2. The molecule has 6 N–H and O–H groups in total. The molecule has 0 heterocycles. The monoisotopic (exact) mass is 436 g/mol. The molecule has 0 aliphatic heterocycles. The summed E-state index contributed by atoms with van der Waals surface area (Å²) in [5.74, 6) is 1.46. The molecule has 0 fully saturated rings. The SMILES string of the molecule is CC(C)c1cc(/C=C(N)/C(N)=C/c2cc(C(C)C)cc(C(C)C)c2O)c(O)c(C(C)C)c1. The van der Waals surface area contributed by atoms with Gasteiger partial charge in [0.25, 0.3) is 0 Å². The molecule has 0 saturated heterocycles. The number of hydrogen-bond donors (Lipinski definition) is 4. The van der Waals surface area contributed by atoms with Crippen LogP contribution in [0.25, 0.3) is 12.2 Å². The molecule has 0 aliphatic carbocycles. The van der Waals surface area contributed by atoms with Gasteiger partial charge < -0.3 is 21.7 Å². The quantitative estimate of drug-likeness (QED) is 0.356. The Kier molecular flexibility index (Phi) is 8.06. The molecule has 0 spiro atoms. The first-order valence-corrected chi connectivity index (χ1v) is 11.5. The molecule has 2 rings (SSSR count). The molecule has 0 saturated carbocycles. The number of nitrogens with two attached hydrogens (primary N) is 2. The minimum Gasteiger partial charge on any atom is -0.507 e. The van der Waals surface area contributed by atoms with Crippen molar-refractivity contribution >= 4 is 12.2 Å². The zero-order valence-corrected chi connectivity index (χ0v) is 20.8. The van der Waals surface area contributed by atoms with E-state index in [0.29, 0.717) is 34.4 Å². The van der Waals surface area contributed by atoms with Gasteiger partial charge >= 0.3 is 0 Å². The molecule has 174 valence electrons. The first kappa shape index (κ1) is 25.4. The van der Waals surface area contributed by atoms with Crippen molar-refractivity contribution in [1.29, 1.82) is 0 Å². The fourth-order valence-corrected chi connectivity index (χ4v) is 3.68. The second-order valence-corrected chi connectivity index (χ2v) is 9.91. The van der Waals surface area contributed by atoms with Crippen molar-refractivity contribution in [3.63, 3.8) is 0 Å². The molecule has 2 aromatic carbocycles. The summed E-state index contributed by atoms with van der Waals surface area (Å²) < 4.78 is 0. The molecule has 0 aromatic heterocycles. The lowest BCUT2D eigenvalue weighted by Crippen LogP contribution is -2.09. The van der Waals surface area contributed by atoms with Crippen LogP contribution in [0.4, 0.5) is 0 Å². The second-order valence-electron chi connectivity index (χ2n) is 9.91. The molecule has 0 atom stereocenters. The summed E-state index contributed by atoms with van der Waals surface area (Å²) in [6, 6.07) is 8.03. The Labute approximate surface area is 193 Å².